The number of aryl methyl sites for hydroxylation is 1. The van der Waals surface area contributed by atoms with Crippen molar-refractivity contribution >= 4 is 23.2 Å². The van der Waals surface area contributed by atoms with Crippen molar-refractivity contribution in [2.75, 3.05) is 34.2 Å². The Balaban J connectivity index is 1.43. The SMILES string of the molecule is CN=C(NCCc1cccc(C(=O)N(C)C)c1)NCCc1csc(-c2ccc(C)cc2)n1. The van der Waals surface area contributed by atoms with Crippen LogP contribution < -0.4 is 10.6 Å². The standard InChI is InChI=1S/C25H31N5OS/c1-18-8-10-20(11-9-18)23-29-22(17-32-23)13-15-28-25(26-2)27-14-12-19-6-5-7-21(16-19)24(31)30(3)4/h5-11,16-17H,12-15H2,1-4H3,(H2,26,27,28). The second kappa shape index (κ2) is 11.4. The van der Waals surface area contributed by atoms with Gasteiger partial charge in [0.2, 0.25) is 0 Å². The van der Waals surface area contributed by atoms with E-state index in [1.165, 1.54) is 5.56 Å². The van der Waals surface area contributed by atoms with Gasteiger partial charge >= 0.3 is 0 Å². The molecule has 0 atom stereocenters. The third-order valence-electron chi connectivity index (χ3n) is 5.03. The van der Waals surface area contributed by atoms with Crippen molar-refractivity contribution < 1.29 is 4.79 Å². The molecule has 0 saturated carbocycles. The molecular weight excluding hydrogens is 418 g/mol. The normalized spacial score (nSPS) is 11.3. The van der Waals surface area contributed by atoms with E-state index in [-0.39, 0.29) is 5.91 Å². The molecule has 0 radical (unpaired) electrons. The summed E-state index contributed by atoms with van der Waals surface area (Å²) >= 11 is 1.68. The minimum Gasteiger partial charge on any atom is -0.356 e. The van der Waals surface area contributed by atoms with Crippen molar-refractivity contribution in [2.45, 2.75) is 19.8 Å². The second-order valence-electron chi connectivity index (χ2n) is 7.84. The van der Waals surface area contributed by atoms with Crippen LogP contribution >= 0.6 is 11.3 Å². The number of benzene rings is 2. The average molecular weight is 450 g/mol. The lowest BCUT2D eigenvalue weighted by Crippen LogP contribution is -2.39. The van der Waals surface area contributed by atoms with Crippen molar-refractivity contribution in [2.24, 2.45) is 4.99 Å². The molecule has 2 N–H and O–H groups in total. The van der Waals surface area contributed by atoms with Crippen LogP contribution in [-0.4, -0.2) is 56.0 Å². The van der Waals surface area contributed by atoms with Crippen molar-refractivity contribution in [3.63, 3.8) is 0 Å². The van der Waals surface area contributed by atoms with Gasteiger partial charge in [0.15, 0.2) is 5.96 Å². The summed E-state index contributed by atoms with van der Waals surface area (Å²) < 4.78 is 0. The summed E-state index contributed by atoms with van der Waals surface area (Å²) in [5.74, 6) is 0.782. The largest absolute Gasteiger partial charge is 0.356 e. The smallest absolute Gasteiger partial charge is 0.253 e. The maximum atomic E-state index is 12.1. The van der Waals surface area contributed by atoms with E-state index in [1.54, 1.807) is 37.4 Å². The molecule has 2 aromatic carbocycles. The zero-order valence-electron chi connectivity index (χ0n) is 19.2. The summed E-state index contributed by atoms with van der Waals surface area (Å²) in [7, 11) is 5.30. The molecule has 32 heavy (non-hydrogen) atoms. The molecule has 0 aliphatic carbocycles. The van der Waals surface area contributed by atoms with E-state index in [0.717, 1.165) is 53.7 Å². The van der Waals surface area contributed by atoms with Crippen LogP contribution in [0.5, 0.6) is 0 Å². The van der Waals surface area contributed by atoms with Crippen LogP contribution in [0.15, 0.2) is 58.9 Å². The first-order valence-corrected chi connectivity index (χ1v) is 11.6. The number of aromatic nitrogens is 1. The quantitative estimate of drug-likeness (QED) is 0.406. The highest BCUT2D eigenvalue weighted by Gasteiger charge is 2.08. The maximum Gasteiger partial charge on any atom is 0.253 e. The molecule has 168 valence electrons. The van der Waals surface area contributed by atoms with Crippen molar-refractivity contribution in [3.8, 4) is 10.6 Å². The fraction of sp³-hybridized carbons (Fsp3) is 0.320. The predicted molar refractivity (Wildman–Crippen MR) is 134 cm³/mol. The van der Waals surface area contributed by atoms with Gasteiger partial charge in [-0.2, -0.15) is 0 Å². The molecule has 3 rings (SSSR count). The second-order valence-corrected chi connectivity index (χ2v) is 8.69. The number of nitrogens with one attached hydrogen (secondary N) is 2. The number of guanidine groups is 1. The molecular formula is C25H31N5OS. The lowest BCUT2D eigenvalue weighted by molar-refractivity contribution is 0.0827. The molecule has 1 aromatic heterocycles. The van der Waals surface area contributed by atoms with Crippen molar-refractivity contribution in [1.82, 2.24) is 20.5 Å². The van der Waals surface area contributed by atoms with Crippen LogP contribution in [-0.2, 0) is 12.8 Å². The van der Waals surface area contributed by atoms with Gasteiger partial charge in [-0.3, -0.25) is 9.79 Å². The minimum absolute atomic E-state index is 0.0184. The summed E-state index contributed by atoms with van der Waals surface area (Å²) in [5, 5.41) is 9.86. The van der Waals surface area contributed by atoms with Gasteiger partial charge in [-0.05, 0) is 31.0 Å². The number of hydrogen-bond acceptors (Lipinski definition) is 4. The lowest BCUT2D eigenvalue weighted by Gasteiger charge is -2.13. The molecule has 0 spiro atoms. The summed E-state index contributed by atoms with van der Waals surface area (Å²) in [5.41, 5.74) is 5.32. The van der Waals surface area contributed by atoms with E-state index in [0.29, 0.717) is 5.56 Å². The van der Waals surface area contributed by atoms with Crippen LogP contribution in [0.4, 0.5) is 0 Å². The fourth-order valence-electron chi connectivity index (χ4n) is 3.22. The maximum absolute atomic E-state index is 12.1. The van der Waals surface area contributed by atoms with Crippen molar-refractivity contribution in [3.05, 3.63) is 76.3 Å². The van der Waals surface area contributed by atoms with E-state index in [2.05, 4.69) is 52.2 Å². The molecule has 0 aliphatic rings. The summed E-state index contributed by atoms with van der Waals surface area (Å²) in [6.07, 6.45) is 1.64. The van der Waals surface area contributed by atoms with Gasteiger partial charge in [0.1, 0.15) is 5.01 Å². The zero-order chi connectivity index (χ0) is 22.9. The van der Waals surface area contributed by atoms with Crippen LogP contribution in [0.2, 0.25) is 0 Å². The van der Waals surface area contributed by atoms with Gasteiger partial charge in [-0.15, -0.1) is 11.3 Å². The fourth-order valence-corrected chi connectivity index (χ4v) is 4.08. The Labute approximate surface area is 194 Å². The van der Waals surface area contributed by atoms with E-state index in [1.807, 2.05) is 24.3 Å². The Morgan fingerprint density at radius 2 is 1.78 bits per heavy atom. The minimum atomic E-state index is 0.0184. The number of hydrogen-bond donors (Lipinski definition) is 2. The molecule has 1 amide bonds. The van der Waals surface area contributed by atoms with Crippen LogP contribution in [0.25, 0.3) is 10.6 Å². The number of carbonyl (C=O) groups is 1. The van der Waals surface area contributed by atoms with Gasteiger partial charge in [-0.25, -0.2) is 4.98 Å². The van der Waals surface area contributed by atoms with E-state index in [9.17, 15) is 4.79 Å². The Morgan fingerprint density at radius 3 is 2.47 bits per heavy atom. The highest BCUT2D eigenvalue weighted by Crippen LogP contribution is 2.24. The number of rotatable bonds is 8. The van der Waals surface area contributed by atoms with E-state index < -0.39 is 0 Å². The average Bonchev–Trinajstić information content (AvgIpc) is 3.27. The first-order valence-electron chi connectivity index (χ1n) is 10.7. The van der Waals surface area contributed by atoms with Gasteiger partial charge < -0.3 is 15.5 Å². The van der Waals surface area contributed by atoms with E-state index in [4.69, 9.17) is 4.98 Å². The zero-order valence-corrected chi connectivity index (χ0v) is 20.0. The highest BCUT2D eigenvalue weighted by molar-refractivity contribution is 7.13. The lowest BCUT2D eigenvalue weighted by atomic mass is 10.1. The molecule has 0 fully saturated rings. The predicted octanol–water partition coefficient (Wildman–Crippen LogP) is 3.77. The Morgan fingerprint density at radius 1 is 1.06 bits per heavy atom. The third kappa shape index (κ3) is 6.65. The number of nitrogens with zero attached hydrogens (tertiary/aromatic N) is 3. The monoisotopic (exact) mass is 449 g/mol. The molecule has 1 heterocycles. The summed E-state index contributed by atoms with van der Waals surface area (Å²) in [6, 6.07) is 16.2. The van der Waals surface area contributed by atoms with Crippen LogP contribution in [0.3, 0.4) is 0 Å². The molecule has 6 nitrogen and oxygen atoms in total. The Hall–Kier alpha value is -3.19. The van der Waals surface area contributed by atoms with E-state index >= 15 is 0 Å². The van der Waals surface area contributed by atoms with Gasteiger partial charge in [0.05, 0.1) is 5.69 Å². The topological polar surface area (TPSA) is 69.6 Å². The molecule has 0 saturated heterocycles. The third-order valence-corrected chi connectivity index (χ3v) is 5.97. The first-order chi connectivity index (χ1) is 15.5. The molecule has 0 bridgehead atoms. The molecule has 7 heteroatoms. The van der Waals surface area contributed by atoms with Gasteiger partial charge in [0, 0.05) is 57.2 Å². The van der Waals surface area contributed by atoms with Crippen LogP contribution in [0.1, 0.15) is 27.2 Å². The van der Waals surface area contributed by atoms with Crippen molar-refractivity contribution in [1.29, 1.82) is 0 Å². The summed E-state index contributed by atoms with van der Waals surface area (Å²) in [6.45, 7) is 3.57. The number of thiazole rings is 1. The van der Waals surface area contributed by atoms with Gasteiger partial charge in [-0.1, -0.05) is 42.0 Å². The molecule has 0 aliphatic heterocycles. The first kappa shape index (κ1) is 23.5. The molecule has 3 aromatic rings. The number of amides is 1. The number of aliphatic imine (C=N–C) groups is 1. The van der Waals surface area contributed by atoms with Gasteiger partial charge in [0.25, 0.3) is 5.91 Å². The Kier molecular flexibility index (Phi) is 8.39. The summed E-state index contributed by atoms with van der Waals surface area (Å²) in [4.78, 5) is 22.8. The number of carbonyl (C=O) groups excluding carboxylic acids is 1. The molecule has 0 unspecified atom stereocenters. The van der Waals surface area contributed by atoms with Crippen LogP contribution in [0, 0.1) is 6.92 Å². The Bertz CT molecular complexity index is 1060. The highest BCUT2D eigenvalue weighted by atomic mass is 32.1.